The van der Waals surface area contributed by atoms with E-state index in [4.69, 9.17) is 5.73 Å². The lowest BCUT2D eigenvalue weighted by Crippen LogP contribution is -2.08. The molecule has 2 aromatic rings. The first-order valence-corrected chi connectivity index (χ1v) is 5.91. The summed E-state index contributed by atoms with van der Waals surface area (Å²) in [6.07, 6.45) is 0.697. The Labute approximate surface area is 109 Å². The molecule has 0 aliphatic heterocycles. The summed E-state index contributed by atoms with van der Waals surface area (Å²) in [5, 5.41) is 0. The van der Waals surface area contributed by atoms with Gasteiger partial charge in [0.25, 0.3) is 0 Å². The summed E-state index contributed by atoms with van der Waals surface area (Å²) in [7, 11) is 0. The second-order valence-electron chi connectivity index (χ2n) is 4.16. The van der Waals surface area contributed by atoms with Gasteiger partial charge in [-0.25, -0.2) is 8.78 Å². The fourth-order valence-corrected chi connectivity index (χ4v) is 1.85. The third-order valence-electron chi connectivity index (χ3n) is 2.84. The lowest BCUT2D eigenvalue weighted by molar-refractivity contribution is 0.103. The molecule has 0 radical (unpaired) electrons. The number of carbonyl (C=O) groups excluding carboxylic acids is 1. The monoisotopic (exact) mass is 261 g/mol. The molecule has 0 atom stereocenters. The maximum atomic E-state index is 13.5. The molecule has 0 heterocycles. The minimum atomic E-state index is -0.851. The SMILES string of the molecule is NCCc1ccc(C(=O)c2c(F)cccc2F)cc1. The van der Waals surface area contributed by atoms with Crippen LogP contribution >= 0.6 is 0 Å². The van der Waals surface area contributed by atoms with Crippen molar-refractivity contribution < 1.29 is 13.6 Å². The summed E-state index contributed by atoms with van der Waals surface area (Å²) in [5.41, 5.74) is 6.14. The van der Waals surface area contributed by atoms with Gasteiger partial charge in [-0.2, -0.15) is 0 Å². The van der Waals surface area contributed by atoms with Crippen LogP contribution in [0.4, 0.5) is 8.78 Å². The largest absolute Gasteiger partial charge is 0.330 e. The summed E-state index contributed by atoms with van der Waals surface area (Å²) in [4.78, 5) is 12.1. The fraction of sp³-hybridized carbons (Fsp3) is 0.133. The van der Waals surface area contributed by atoms with Crippen LogP contribution in [0.1, 0.15) is 21.5 Å². The highest BCUT2D eigenvalue weighted by atomic mass is 19.1. The standard InChI is InChI=1S/C15H13F2NO/c16-12-2-1-3-13(17)14(12)15(19)11-6-4-10(5-7-11)8-9-18/h1-7H,8-9,18H2. The van der Waals surface area contributed by atoms with E-state index in [-0.39, 0.29) is 5.56 Å². The minimum absolute atomic E-state index is 0.254. The summed E-state index contributed by atoms with van der Waals surface area (Å²) in [5.74, 6) is -2.36. The first kappa shape index (κ1) is 13.4. The molecule has 0 aromatic heterocycles. The zero-order chi connectivity index (χ0) is 13.8. The number of hydrogen-bond donors (Lipinski definition) is 1. The predicted molar refractivity (Wildman–Crippen MR) is 69.0 cm³/mol. The van der Waals surface area contributed by atoms with Gasteiger partial charge in [-0.3, -0.25) is 4.79 Å². The van der Waals surface area contributed by atoms with Crippen LogP contribution in [0.2, 0.25) is 0 Å². The molecular formula is C15H13F2NO. The maximum Gasteiger partial charge on any atom is 0.198 e. The molecule has 2 rings (SSSR count). The molecule has 0 saturated heterocycles. The van der Waals surface area contributed by atoms with E-state index >= 15 is 0 Å². The lowest BCUT2D eigenvalue weighted by atomic mass is 10.0. The van der Waals surface area contributed by atoms with Gasteiger partial charge in [0.1, 0.15) is 11.6 Å². The van der Waals surface area contributed by atoms with Crippen molar-refractivity contribution in [1.82, 2.24) is 0 Å². The molecule has 0 spiro atoms. The van der Waals surface area contributed by atoms with Gasteiger partial charge in [-0.15, -0.1) is 0 Å². The topological polar surface area (TPSA) is 43.1 Å². The second-order valence-corrected chi connectivity index (χ2v) is 4.16. The van der Waals surface area contributed by atoms with Crippen LogP contribution in [-0.2, 0) is 6.42 Å². The van der Waals surface area contributed by atoms with E-state index < -0.39 is 23.0 Å². The van der Waals surface area contributed by atoms with Crippen molar-refractivity contribution in [2.45, 2.75) is 6.42 Å². The molecule has 0 saturated carbocycles. The average molecular weight is 261 g/mol. The zero-order valence-electron chi connectivity index (χ0n) is 10.2. The Hall–Kier alpha value is -2.07. The number of carbonyl (C=O) groups is 1. The van der Waals surface area contributed by atoms with Crippen molar-refractivity contribution in [3.8, 4) is 0 Å². The molecule has 2 aromatic carbocycles. The molecule has 2 N–H and O–H groups in total. The molecule has 0 aliphatic carbocycles. The van der Waals surface area contributed by atoms with Gasteiger partial charge >= 0.3 is 0 Å². The molecule has 0 fully saturated rings. The second kappa shape index (κ2) is 5.71. The average Bonchev–Trinajstić information content (AvgIpc) is 2.39. The van der Waals surface area contributed by atoms with Crippen LogP contribution in [-0.4, -0.2) is 12.3 Å². The van der Waals surface area contributed by atoms with Crippen molar-refractivity contribution in [2.75, 3.05) is 6.54 Å². The van der Waals surface area contributed by atoms with E-state index in [0.29, 0.717) is 13.0 Å². The van der Waals surface area contributed by atoms with Crippen molar-refractivity contribution in [3.63, 3.8) is 0 Å². The quantitative estimate of drug-likeness (QED) is 0.860. The van der Waals surface area contributed by atoms with Gasteiger partial charge in [0.05, 0.1) is 5.56 Å². The van der Waals surface area contributed by atoms with Crippen LogP contribution in [0, 0.1) is 11.6 Å². The number of hydrogen-bond acceptors (Lipinski definition) is 2. The Bertz CT molecular complexity index is 573. The normalized spacial score (nSPS) is 10.5. The molecule has 2 nitrogen and oxygen atoms in total. The van der Waals surface area contributed by atoms with Gasteiger partial charge < -0.3 is 5.73 Å². The van der Waals surface area contributed by atoms with Crippen LogP contribution in [0.3, 0.4) is 0 Å². The van der Waals surface area contributed by atoms with Gasteiger partial charge in [0, 0.05) is 5.56 Å². The number of rotatable bonds is 4. The maximum absolute atomic E-state index is 13.5. The van der Waals surface area contributed by atoms with E-state index in [9.17, 15) is 13.6 Å². The highest BCUT2D eigenvalue weighted by Crippen LogP contribution is 2.17. The molecule has 4 heteroatoms. The third-order valence-corrected chi connectivity index (χ3v) is 2.84. The van der Waals surface area contributed by atoms with Crippen LogP contribution in [0.25, 0.3) is 0 Å². The Morgan fingerprint density at radius 1 is 1.00 bits per heavy atom. The first-order chi connectivity index (χ1) is 9.13. The summed E-state index contributed by atoms with van der Waals surface area (Å²) in [6.45, 7) is 0.509. The predicted octanol–water partition coefficient (Wildman–Crippen LogP) is 2.70. The molecule has 19 heavy (non-hydrogen) atoms. The highest BCUT2D eigenvalue weighted by Gasteiger charge is 2.18. The lowest BCUT2D eigenvalue weighted by Gasteiger charge is -2.05. The van der Waals surface area contributed by atoms with Crippen molar-refractivity contribution >= 4 is 5.78 Å². The van der Waals surface area contributed by atoms with E-state index in [0.717, 1.165) is 17.7 Å². The van der Waals surface area contributed by atoms with Crippen molar-refractivity contribution in [3.05, 3.63) is 70.8 Å². The molecule has 0 bridgehead atoms. The molecule has 0 aliphatic rings. The van der Waals surface area contributed by atoms with Gasteiger partial charge in [0.15, 0.2) is 5.78 Å². The Balaban J connectivity index is 2.34. The summed E-state index contributed by atoms with van der Waals surface area (Å²) >= 11 is 0. The van der Waals surface area contributed by atoms with Gasteiger partial charge in [0.2, 0.25) is 0 Å². The highest BCUT2D eigenvalue weighted by molar-refractivity contribution is 6.09. The molecular weight excluding hydrogens is 248 g/mol. The number of ketones is 1. The van der Waals surface area contributed by atoms with E-state index in [2.05, 4.69) is 0 Å². The van der Waals surface area contributed by atoms with Crippen molar-refractivity contribution in [1.29, 1.82) is 0 Å². The number of benzene rings is 2. The molecule has 0 amide bonds. The van der Waals surface area contributed by atoms with E-state index in [1.54, 1.807) is 24.3 Å². The van der Waals surface area contributed by atoms with Crippen LogP contribution in [0.15, 0.2) is 42.5 Å². The summed E-state index contributed by atoms with van der Waals surface area (Å²) < 4.78 is 27.0. The Morgan fingerprint density at radius 3 is 2.11 bits per heavy atom. The first-order valence-electron chi connectivity index (χ1n) is 5.91. The van der Waals surface area contributed by atoms with Crippen LogP contribution in [0.5, 0.6) is 0 Å². The van der Waals surface area contributed by atoms with Crippen molar-refractivity contribution in [2.24, 2.45) is 5.73 Å². The van der Waals surface area contributed by atoms with E-state index in [1.165, 1.54) is 6.07 Å². The Kier molecular flexibility index (Phi) is 4.02. The van der Waals surface area contributed by atoms with Crippen LogP contribution < -0.4 is 5.73 Å². The van der Waals surface area contributed by atoms with Gasteiger partial charge in [-0.05, 0) is 30.7 Å². The molecule has 0 unspecified atom stereocenters. The smallest absolute Gasteiger partial charge is 0.198 e. The third kappa shape index (κ3) is 2.85. The molecule has 98 valence electrons. The summed E-state index contributed by atoms with van der Waals surface area (Å²) in [6, 6.07) is 9.94. The zero-order valence-corrected chi connectivity index (χ0v) is 10.2. The number of halogens is 2. The fourth-order valence-electron chi connectivity index (χ4n) is 1.85. The number of nitrogens with two attached hydrogens (primary N) is 1. The Morgan fingerprint density at radius 2 is 1.58 bits per heavy atom. The minimum Gasteiger partial charge on any atom is -0.330 e. The van der Waals surface area contributed by atoms with E-state index in [1.807, 2.05) is 0 Å². The van der Waals surface area contributed by atoms with Gasteiger partial charge in [-0.1, -0.05) is 30.3 Å².